The SMILES string of the molecule is COc1ccc(S(=O)(=O)CCC(=O)N2CCC[C@@H]2c2nc(-c3ccc(C)cc3)no2)cc1. The molecule has 2 heterocycles. The molecule has 1 aliphatic rings. The quantitative estimate of drug-likeness (QED) is 0.536. The Kier molecular flexibility index (Phi) is 6.27. The highest BCUT2D eigenvalue weighted by Gasteiger charge is 2.34. The van der Waals surface area contributed by atoms with E-state index in [1.807, 2.05) is 31.2 Å². The van der Waals surface area contributed by atoms with Crippen LogP contribution in [0.4, 0.5) is 0 Å². The monoisotopic (exact) mass is 455 g/mol. The van der Waals surface area contributed by atoms with Crippen molar-refractivity contribution in [3.05, 3.63) is 60.0 Å². The second kappa shape index (κ2) is 9.12. The minimum Gasteiger partial charge on any atom is -0.497 e. The number of benzene rings is 2. The normalized spacial score (nSPS) is 16.3. The lowest BCUT2D eigenvalue weighted by molar-refractivity contribution is -0.132. The van der Waals surface area contributed by atoms with Crippen molar-refractivity contribution in [2.75, 3.05) is 19.4 Å². The van der Waals surface area contributed by atoms with Gasteiger partial charge in [-0.1, -0.05) is 35.0 Å². The maximum atomic E-state index is 12.9. The minimum atomic E-state index is -3.58. The van der Waals surface area contributed by atoms with E-state index in [2.05, 4.69) is 10.1 Å². The molecule has 1 atom stereocenters. The first-order chi connectivity index (χ1) is 15.4. The Morgan fingerprint density at radius 1 is 1.16 bits per heavy atom. The van der Waals surface area contributed by atoms with Crippen LogP contribution >= 0.6 is 0 Å². The number of methoxy groups -OCH3 is 1. The maximum absolute atomic E-state index is 12.9. The van der Waals surface area contributed by atoms with Gasteiger partial charge in [0.15, 0.2) is 9.84 Å². The van der Waals surface area contributed by atoms with Crippen LogP contribution in [0.25, 0.3) is 11.4 Å². The van der Waals surface area contributed by atoms with Crippen LogP contribution in [0.15, 0.2) is 57.9 Å². The van der Waals surface area contributed by atoms with Crippen LogP contribution in [0.1, 0.15) is 36.8 Å². The standard InChI is InChI=1S/C23H25N3O5S/c1-16-5-7-17(8-6-16)22-24-23(31-25-22)20-4-3-14-26(20)21(27)13-15-32(28,29)19-11-9-18(30-2)10-12-19/h5-12,20H,3-4,13-15H2,1-2H3/t20-/m1/s1. The fraction of sp³-hybridized carbons (Fsp3) is 0.348. The lowest BCUT2D eigenvalue weighted by Gasteiger charge is -2.21. The number of aromatic nitrogens is 2. The molecule has 1 fully saturated rings. The van der Waals surface area contributed by atoms with Crippen LogP contribution < -0.4 is 4.74 Å². The summed E-state index contributed by atoms with van der Waals surface area (Å²) in [7, 11) is -2.07. The van der Waals surface area contributed by atoms with Crippen molar-refractivity contribution in [1.29, 1.82) is 0 Å². The number of sulfone groups is 1. The fourth-order valence-corrected chi connectivity index (χ4v) is 5.01. The Morgan fingerprint density at radius 3 is 2.56 bits per heavy atom. The van der Waals surface area contributed by atoms with Crippen LogP contribution in [-0.2, 0) is 14.6 Å². The van der Waals surface area contributed by atoms with Gasteiger partial charge in [-0.05, 0) is 44.0 Å². The minimum absolute atomic E-state index is 0.107. The Bertz CT molecular complexity index is 1190. The lowest BCUT2D eigenvalue weighted by atomic mass is 10.1. The van der Waals surface area contributed by atoms with Gasteiger partial charge >= 0.3 is 0 Å². The van der Waals surface area contributed by atoms with Gasteiger partial charge in [0.2, 0.25) is 17.6 Å². The average molecular weight is 456 g/mol. The lowest BCUT2D eigenvalue weighted by Crippen LogP contribution is -2.32. The van der Waals surface area contributed by atoms with E-state index < -0.39 is 9.84 Å². The van der Waals surface area contributed by atoms with E-state index in [1.54, 1.807) is 17.0 Å². The van der Waals surface area contributed by atoms with Crippen molar-refractivity contribution in [1.82, 2.24) is 15.0 Å². The third kappa shape index (κ3) is 4.67. The van der Waals surface area contributed by atoms with Gasteiger partial charge in [-0.15, -0.1) is 0 Å². The maximum Gasteiger partial charge on any atom is 0.249 e. The molecule has 0 saturated carbocycles. The van der Waals surface area contributed by atoms with Crippen molar-refractivity contribution < 1.29 is 22.5 Å². The number of rotatable bonds is 7. The predicted molar refractivity (Wildman–Crippen MR) is 118 cm³/mol. The van der Waals surface area contributed by atoms with Gasteiger partial charge in [0.05, 0.1) is 17.8 Å². The highest BCUT2D eigenvalue weighted by Crippen LogP contribution is 2.32. The molecule has 1 saturated heterocycles. The molecule has 1 aliphatic heterocycles. The van der Waals surface area contributed by atoms with Crippen LogP contribution in [0.5, 0.6) is 5.75 Å². The van der Waals surface area contributed by atoms with Gasteiger partial charge in [0.25, 0.3) is 0 Å². The van der Waals surface area contributed by atoms with Crippen LogP contribution in [0, 0.1) is 6.92 Å². The highest BCUT2D eigenvalue weighted by atomic mass is 32.2. The first-order valence-corrected chi connectivity index (χ1v) is 12.1. The van der Waals surface area contributed by atoms with E-state index in [-0.39, 0.29) is 29.0 Å². The first-order valence-electron chi connectivity index (χ1n) is 10.4. The fourth-order valence-electron chi connectivity index (χ4n) is 3.78. The summed E-state index contributed by atoms with van der Waals surface area (Å²) in [5.74, 6) is 0.926. The second-order valence-electron chi connectivity index (χ2n) is 7.81. The zero-order chi connectivity index (χ0) is 22.7. The molecule has 168 valence electrons. The number of amides is 1. The third-order valence-corrected chi connectivity index (χ3v) is 7.34. The Balaban J connectivity index is 1.43. The highest BCUT2D eigenvalue weighted by molar-refractivity contribution is 7.91. The number of hydrogen-bond acceptors (Lipinski definition) is 7. The number of hydrogen-bond donors (Lipinski definition) is 0. The summed E-state index contributed by atoms with van der Waals surface area (Å²) >= 11 is 0. The summed E-state index contributed by atoms with van der Waals surface area (Å²) in [4.78, 5) is 19.2. The van der Waals surface area contributed by atoms with Crippen LogP contribution in [0.3, 0.4) is 0 Å². The van der Waals surface area contributed by atoms with Gasteiger partial charge in [-0.2, -0.15) is 4.98 Å². The number of carbonyl (C=O) groups is 1. The van der Waals surface area contributed by atoms with Crippen molar-refractivity contribution in [3.63, 3.8) is 0 Å². The van der Waals surface area contributed by atoms with E-state index in [0.717, 1.165) is 17.5 Å². The molecule has 32 heavy (non-hydrogen) atoms. The molecule has 0 unspecified atom stereocenters. The van der Waals surface area contributed by atoms with E-state index in [4.69, 9.17) is 9.26 Å². The zero-order valence-electron chi connectivity index (χ0n) is 18.0. The molecule has 9 heteroatoms. The van der Waals surface area contributed by atoms with Gasteiger partial charge in [0.1, 0.15) is 11.8 Å². The topological polar surface area (TPSA) is 103 Å². The van der Waals surface area contributed by atoms with E-state index in [1.165, 1.54) is 19.2 Å². The summed E-state index contributed by atoms with van der Waals surface area (Å²) in [5, 5.41) is 4.06. The molecule has 0 spiro atoms. The molecule has 1 aromatic heterocycles. The molecular weight excluding hydrogens is 430 g/mol. The van der Waals surface area contributed by atoms with Crippen LogP contribution in [-0.4, -0.2) is 48.8 Å². The summed E-state index contributed by atoms with van der Waals surface area (Å²) in [5.41, 5.74) is 1.97. The Hall–Kier alpha value is -3.20. The van der Waals surface area contributed by atoms with Crippen molar-refractivity contribution >= 4 is 15.7 Å². The molecule has 2 aromatic carbocycles. The Morgan fingerprint density at radius 2 is 1.88 bits per heavy atom. The summed E-state index contributed by atoms with van der Waals surface area (Å²) < 4.78 is 35.8. The van der Waals surface area contributed by atoms with Gasteiger partial charge in [-0.25, -0.2) is 8.42 Å². The molecule has 4 rings (SSSR count). The van der Waals surface area contributed by atoms with E-state index in [9.17, 15) is 13.2 Å². The Labute approximate surface area is 187 Å². The number of ether oxygens (including phenoxy) is 1. The smallest absolute Gasteiger partial charge is 0.249 e. The number of carbonyl (C=O) groups excluding carboxylic acids is 1. The molecule has 0 aliphatic carbocycles. The molecule has 0 N–H and O–H groups in total. The average Bonchev–Trinajstić information content (AvgIpc) is 3.48. The van der Waals surface area contributed by atoms with Gasteiger partial charge < -0.3 is 14.2 Å². The second-order valence-corrected chi connectivity index (χ2v) is 9.92. The molecular formula is C23H25N3O5S. The van der Waals surface area contributed by atoms with Crippen molar-refractivity contribution in [3.8, 4) is 17.1 Å². The summed E-state index contributed by atoms with van der Waals surface area (Å²) in [6.45, 7) is 2.54. The summed E-state index contributed by atoms with van der Waals surface area (Å²) in [6.07, 6.45) is 1.39. The largest absolute Gasteiger partial charge is 0.497 e. The molecule has 8 nitrogen and oxygen atoms in total. The molecule has 0 radical (unpaired) electrons. The zero-order valence-corrected chi connectivity index (χ0v) is 18.8. The molecule has 3 aromatic rings. The number of aryl methyl sites for hydroxylation is 1. The van der Waals surface area contributed by atoms with Gasteiger partial charge in [0, 0.05) is 18.5 Å². The number of likely N-dealkylation sites (tertiary alicyclic amines) is 1. The third-order valence-electron chi connectivity index (χ3n) is 5.61. The van der Waals surface area contributed by atoms with Crippen molar-refractivity contribution in [2.45, 2.75) is 37.1 Å². The molecule has 1 amide bonds. The van der Waals surface area contributed by atoms with Gasteiger partial charge in [-0.3, -0.25) is 4.79 Å². The predicted octanol–water partition coefficient (Wildman–Crippen LogP) is 3.58. The van der Waals surface area contributed by atoms with E-state index in [0.29, 0.717) is 30.4 Å². The molecule has 0 bridgehead atoms. The van der Waals surface area contributed by atoms with Crippen LogP contribution in [0.2, 0.25) is 0 Å². The summed E-state index contributed by atoms with van der Waals surface area (Å²) in [6, 6.07) is 13.6. The first kappa shape index (κ1) is 22.0. The van der Waals surface area contributed by atoms with Crippen molar-refractivity contribution in [2.24, 2.45) is 0 Å². The number of nitrogens with zero attached hydrogens (tertiary/aromatic N) is 3. The van der Waals surface area contributed by atoms with E-state index >= 15 is 0 Å².